The molecule has 1 saturated heterocycles. The Bertz CT molecular complexity index is 700. The molecule has 0 saturated carbocycles. The van der Waals surface area contributed by atoms with Gasteiger partial charge in [-0.1, -0.05) is 25.7 Å². The van der Waals surface area contributed by atoms with Crippen LogP contribution in [-0.2, 0) is 9.53 Å². The second-order valence-electron chi connectivity index (χ2n) is 7.20. The van der Waals surface area contributed by atoms with Crippen LogP contribution in [0.25, 0.3) is 0 Å². The predicted octanol–water partition coefficient (Wildman–Crippen LogP) is 3.99. The van der Waals surface area contributed by atoms with Crippen LogP contribution in [0.4, 0.5) is 0 Å². The van der Waals surface area contributed by atoms with Crippen LogP contribution in [-0.4, -0.2) is 22.5 Å². The van der Waals surface area contributed by atoms with Crippen LogP contribution in [0.5, 0.6) is 0 Å². The quantitative estimate of drug-likeness (QED) is 0.848. The minimum Gasteiger partial charge on any atom is -0.478 e. The highest BCUT2D eigenvalue weighted by molar-refractivity contribution is 5.91. The molecule has 1 fully saturated rings. The summed E-state index contributed by atoms with van der Waals surface area (Å²) in [5, 5.41) is 20.0. The SMILES string of the molecule is C=C1CC[C@H]2[C@H](O)O[C@H](c3ccoc3)C[C@]2(C)C/C=C\C=C1C(=O)O. The fourth-order valence-corrected chi connectivity index (χ4v) is 3.92. The smallest absolute Gasteiger partial charge is 0.335 e. The van der Waals surface area contributed by atoms with E-state index in [1.165, 1.54) is 0 Å². The first-order chi connectivity index (χ1) is 11.9. The number of aliphatic hydroxyl groups excluding tert-OH is 1. The zero-order chi connectivity index (χ0) is 18.0. The zero-order valence-electron chi connectivity index (χ0n) is 14.4. The first-order valence-electron chi connectivity index (χ1n) is 8.54. The lowest BCUT2D eigenvalue weighted by Crippen LogP contribution is -2.44. The third-order valence-corrected chi connectivity index (χ3v) is 5.46. The number of furan rings is 1. The van der Waals surface area contributed by atoms with Crippen LogP contribution in [0.2, 0.25) is 0 Å². The Morgan fingerprint density at radius 2 is 2.24 bits per heavy atom. The topological polar surface area (TPSA) is 79.9 Å². The molecule has 25 heavy (non-hydrogen) atoms. The molecule has 2 N–H and O–H groups in total. The fourth-order valence-electron chi connectivity index (χ4n) is 3.92. The number of carbonyl (C=O) groups is 1. The Morgan fingerprint density at radius 3 is 2.92 bits per heavy atom. The first kappa shape index (κ1) is 17.7. The van der Waals surface area contributed by atoms with Gasteiger partial charge in [0.1, 0.15) is 0 Å². The van der Waals surface area contributed by atoms with Gasteiger partial charge < -0.3 is 19.4 Å². The number of fused-ring (bicyclic) bond motifs is 1. The minimum absolute atomic E-state index is 0.0924. The summed E-state index contributed by atoms with van der Waals surface area (Å²) in [7, 11) is 0. The van der Waals surface area contributed by atoms with Gasteiger partial charge in [-0.15, -0.1) is 0 Å². The Labute approximate surface area is 147 Å². The van der Waals surface area contributed by atoms with Crippen LogP contribution in [0, 0.1) is 11.3 Å². The summed E-state index contributed by atoms with van der Waals surface area (Å²) in [6, 6.07) is 1.86. The van der Waals surface area contributed by atoms with Gasteiger partial charge in [-0.3, -0.25) is 0 Å². The van der Waals surface area contributed by atoms with Gasteiger partial charge in [-0.05, 0) is 48.8 Å². The zero-order valence-corrected chi connectivity index (χ0v) is 14.4. The van der Waals surface area contributed by atoms with Gasteiger partial charge in [0.15, 0.2) is 6.29 Å². The molecule has 2 heterocycles. The predicted molar refractivity (Wildman–Crippen MR) is 92.6 cm³/mol. The Hall–Kier alpha value is -2.11. The average Bonchev–Trinajstić information content (AvgIpc) is 3.07. The van der Waals surface area contributed by atoms with Gasteiger partial charge in [0, 0.05) is 11.5 Å². The van der Waals surface area contributed by atoms with Gasteiger partial charge in [-0.25, -0.2) is 4.79 Å². The third kappa shape index (κ3) is 3.62. The maximum Gasteiger partial charge on any atom is 0.335 e. The molecule has 1 aliphatic carbocycles. The molecule has 0 radical (unpaired) electrons. The highest BCUT2D eigenvalue weighted by atomic mass is 16.6. The highest BCUT2D eigenvalue weighted by Crippen LogP contribution is 2.50. The van der Waals surface area contributed by atoms with Gasteiger partial charge in [0.05, 0.1) is 24.2 Å². The lowest BCUT2D eigenvalue weighted by Gasteiger charge is -2.47. The van der Waals surface area contributed by atoms with Crippen LogP contribution in [0.1, 0.15) is 44.3 Å². The van der Waals surface area contributed by atoms with Crippen molar-refractivity contribution in [1.82, 2.24) is 0 Å². The summed E-state index contributed by atoms with van der Waals surface area (Å²) in [5.74, 6) is -1.07. The molecule has 1 aliphatic heterocycles. The minimum atomic E-state index is -0.974. The standard InChI is InChI=1S/C20H24O5/c1-13-6-7-16-19(23)25-17(14-8-10-24-12-14)11-20(16,2)9-4-3-5-15(13)18(21)22/h3-5,8,10,12,16-17,19,23H,1,6-7,9,11H2,2H3,(H,21,22)/b4-3-,15-5?/t16-,17-,19+,20-/m0/s1. The number of aliphatic hydroxyl groups is 1. The monoisotopic (exact) mass is 344 g/mol. The molecule has 5 heteroatoms. The van der Waals surface area contributed by atoms with Crippen molar-refractivity contribution < 1.29 is 24.2 Å². The van der Waals surface area contributed by atoms with E-state index in [-0.39, 0.29) is 23.0 Å². The Kier molecular flexibility index (Phi) is 4.97. The maximum absolute atomic E-state index is 11.4. The molecule has 0 aromatic carbocycles. The van der Waals surface area contributed by atoms with E-state index in [9.17, 15) is 15.0 Å². The summed E-state index contributed by atoms with van der Waals surface area (Å²) >= 11 is 0. The molecule has 0 unspecified atom stereocenters. The number of hydrogen-bond acceptors (Lipinski definition) is 4. The van der Waals surface area contributed by atoms with Crippen molar-refractivity contribution in [3.05, 3.63) is 60.1 Å². The summed E-state index contributed by atoms with van der Waals surface area (Å²) in [5.41, 5.74) is 1.57. The van der Waals surface area contributed by atoms with Gasteiger partial charge in [-0.2, -0.15) is 0 Å². The van der Waals surface area contributed by atoms with E-state index in [0.717, 1.165) is 18.4 Å². The molecule has 2 aliphatic rings. The number of allylic oxidation sites excluding steroid dienone is 3. The molecular formula is C20H24O5. The van der Waals surface area contributed by atoms with Crippen molar-refractivity contribution >= 4 is 5.97 Å². The average molecular weight is 344 g/mol. The summed E-state index contributed by atoms with van der Waals surface area (Å²) < 4.78 is 11.0. The van der Waals surface area contributed by atoms with Crippen molar-refractivity contribution in [2.75, 3.05) is 0 Å². The number of carboxylic acid groups (broad SMARTS) is 1. The van der Waals surface area contributed by atoms with E-state index in [0.29, 0.717) is 18.4 Å². The van der Waals surface area contributed by atoms with Crippen LogP contribution < -0.4 is 0 Å². The van der Waals surface area contributed by atoms with E-state index in [1.807, 2.05) is 12.1 Å². The Morgan fingerprint density at radius 1 is 1.44 bits per heavy atom. The molecule has 1 aromatic heterocycles. The lowest BCUT2D eigenvalue weighted by atomic mass is 9.66. The molecule has 0 spiro atoms. The molecule has 0 bridgehead atoms. The van der Waals surface area contributed by atoms with Crippen molar-refractivity contribution in [1.29, 1.82) is 0 Å². The molecule has 5 nitrogen and oxygen atoms in total. The number of ether oxygens (including phenoxy) is 1. The van der Waals surface area contributed by atoms with Gasteiger partial charge in [0.25, 0.3) is 0 Å². The van der Waals surface area contributed by atoms with Crippen molar-refractivity contribution in [2.45, 2.75) is 45.0 Å². The summed E-state index contributed by atoms with van der Waals surface area (Å²) in [4.78, 5) is 11.4. The van der Waals surface area contributed by atoms with Crippen molar-refractivity contribution in [2.24, 2.45) is 11.3 Å². The number of aliphatic carboxylic acids is 1. The van der Waals surface area contributed by atoms with Crippen LogP contribution in [0.3, 0.4) is 0 Å². The fraction of sp³-hybridized carbons (Fsp3) is 0.450. The number of hydrogen-bond donors (Lipinski definition) is 2. The molecule has 3 rings (SSSR count). The number of carboxylic acids is 1. The van der Waals surface area contributed by atoms with Gasteiger partial charge in [0.2, 0.25) is 0 Å². The normalized spacial score (nSPS) is 34.7. The summed E-state index contributed by atoms with van der Waals surface area (Å²) in [6.45, 7) is 6.07. The van der Waals surface area contributed by atoms with Crippen LogP contribution >= 0.6 is 0 Å². The first-order valence-corrected chi connectivity index (χ1v) is 8.54. The van der Waals surface area contributed by atoms with E-state index in [2.05, 4.69) is 13.5 Å². The lowest BCUT2D eigenvalue weighted by molar-refractivity contribution is -0.236. The second kappa shape index (κ2) is 7.02. The van der Waals surface area contributed by atoms with E-state index in [1.54, 1.807) is 24.7 Å². The van der Waals surface area contributed by atoms with E-state index in [4.69, 9.17) is 9.15 Å². The molecule has 134 valence electrons. The van der Waals surface area contributed by atoms with E-state index < -0.39 is 12.3 Å². The third-order valence-electron chi connectivity index (χ3n) is 5.46. The summed E-state index contributed by atoms with van der Waals surface area (Å²) in [6.07, 6.45) is 10.2. The number of rotatable bonds is 2. The molecule has 1 aromatic rings. The molecular weight excluding hydrogens is 320 g/mol. The Balaban J connectivity index is 1.88. The molecule has 4 atom stereocenters. The van der Waals surface area contributed by atoms with Crippen molar-refractivity contribution in [3.8, 4) is 0 Å². The largest absolute Gasteiger partial charge is 0.478 e. The second-order valence-corrected chi connectivity index (χ2v) is 7.20. The molecule has 0 amide bonds. The maximum atomic E-state index is 11.4. The van der Waals surface area contributed by atoms with Crippen LogP contribution in [0.15, 0.2) is 59.0 Å². The highest BCUT2D eigenvalue weighted by Gasteiger charge is 2.46. The van der Waals surface area contributed by atoms with E-state index >= 15 is 0 Å². The van der Waals surface area contributed by atoms with Crippen molar-refractivity contribution in [3.63, 3.8) is 0 Å². The van der Waals surface area contributed by atoms with Gasteiger partial charge >= 0.3 is 5.97 Å².